The minimum atomic E-state index is -0.446. The van der Waals surface area contributed by atoms with Gasteiger partial charge in [-0.1, -0.05) is 399 Å². The molecule has 0 bridgehead atoms. The molecular formula is C92H82Cl2I2O2P4Ru2. The summed E-state index contributed by atoms with van der Waals surface area (Å²) in [5.74, 6) is 0. The van der Waals surface area contributed by atoms with Crippen LogP contribution in [0.1, 0.15) is 33.4 Å². The van der Waals surface area contributed by atoms with E-state index >= 15 is 0 Å². The third-order valence-corrected chi connectivity index (χ3v) is 28.5. The molecular weight excluding hydrogens is 1790 g/mol. The molecule has 14 rings (SSSR count). The summed E-state index contributed by atoms with van der Waals surface area (Å²) in [6, 6.07) is 138. The molecule has 0 aromatic heterocycles. The van der Waals surface area contributed by atoms with Gasteiger partial charge in [-0.05, 0) is 204 Å². The minimum absolute atomic E-state index is 0.446. The van der Waals surface area contributed by atoms with E-state index in [0.717, 1.165) is 0 Å². The topological polar surface area (TPSA) is 39.8 Å². The van der Waals surface area contributed by atoms with Crippen molar-refractivity contribution in [2.24, 2.45) is 0 Å². The predicted octanol–water partition coefficient (Wildman–Crippen LogP) is 21.5. The van der Waals surface area contributed by atoms with Gasteiger partial charge in [0.05, 0.1) is 0 Å². The zero-order chi connectivity index (χ0) is 75.1. The quantitative estimate of drug-likeness (QED) is 0.0385. The van der Waals surface area contributed by atoms with Crippen molar-refractivity contribution in [3.63, 3.8) is 0 Å². The van der Waals surface area contributed by atoms with E-state index in [1.165, 1.54) is 104 Å². The van der Waals surface area contributed by atoms with Gasteiger partial charge in [0.1, 0.15) is 0 Å². The Kier molecular flexibility index (Phi) is 44.6. The average Bonchev–Trinajstić information content (AvgIpc) is 0.842. The molecule has 14 aromatic carbocycles. The molecule has 0 unspecified atom stereocenters. The molecule has 0 amide bonds. The van der Waals surface area contributed by atoms with Crippen molar-refractivity contribution >= 4 is 160 Å². The zero-order valence-electron chi connectivity index (χ0n) is 58.8. The molecule has 14 aromatic rings. The first-order valence-corrected chi connectivity index (χ1v) is 45.0. The molecule has 0 saturated heterocycles. The van der Waals surface area contributed by atoms with Crippen molar-refractivity contribution in [2.75, 3.05) is 0 Å². The molecule has 526 valence electrons. The van der Waals surface area contributed by atoms with Crippen molar-refractivity contribution in [3.05, 3.63) is 442 Å². The first-order valence-electron chi connectivity index (χ1n) is 33.0. The van der Waals surface area contributed by atoms with E-state index < -0.39 is 31.7 Å². The van der Waals surface area contributed by atoms with Crippen LogP contribution < -0.4 is 63.7 Å². The van der Waals surface area contributed by atoms with Crippen molar-refractivity contribution in [1.29, 1.82) is 0 Å². The summed E-state index contributed by atoms with van der Waals surface area (Å²) in [5, 5.41) is 16.8. The fourth-order valence-corrected chi connectivity index (χ4v) is 20.9. The van der Waals surface area contributed by atoms with E-state index in [4.69, 9.17) is 9.30 Å². The summed E-state index contributed by atoms with van der Waals surface area (Å²) in [5.41, 5.74) is 8.26. The summed E-state index contributed by atoms with van der Waals surface area (Å²) in [7, 11) is 7.35. The van der Waals surface area contributed by atoms with Crippen LogP contribution in [0.2, 0.25) is 0 Å². The molecule has 0 aliphatic rings. The molecule has 0 fully saturated rings. The fraction of sp³-hybridized carbons (Fsp3) is 0.0652. The van der Waals surface area contributed by atoms with Crippen molar-refractivity contribution in [1.82, 2.24) is 0 Å². The van der Waals surface area contributed by atoms with Crippen molar-refractivity contribution < 1.29 is 43.9 Å². The molecule has 0 atom stereocenters. The smallest absolute Gasteiger partial charge is 0.0134 e. The molecule has 0 radical (unpaired) electrons. The molecule has 0 heterocycles. The Morgan fingerprint density at radius 3 is 0.375 bits per heavy atom. The van der Waals surface area contributed by atoms with Crippen LogP contribution in [0, 0.1) is 62.0 Å². The molecule has 104 heavy (non-hydrogen) atoms. The standard InChI is InChI=1S/4C18H15P.2C9H11I.2CO.2ClH.2Ru/c4*1-4-10-16(11-5-1)19(17-12-6-2-7-13-17)18-14-8-3-9-15-18;2*1-6-4-7(2)9(10)8(3)5-6;2*1-2;;;;/h4*1-15H;2*4-5H,1-3H3;;;2*1H;;/q;;;;;;;;;;2*+1/p-2. The average molecular weight is 1870 g/mol. The Morgan fingerprint density at radius 2 is 0.288 bits per heavy atom. The van der Waals surface area contributed by atoms with Gasteiger partial charge in [-0.15, -0.1) is 0 Å². The maximum Gasteiger partial charge on any atom is -0.0134 e. The number of aryl methyl sites for hydroxylation is 6. The summed E-state index contributed by atoms with van der Waals surface area (Å²) < 4.78 is 17.8. The second-order valence-corrected chi connectivity index (χ2v) is 33.8. The monoisotopic (exact) mass is 1870 g/mol. The maximum atomic E-state index is 7.50. The van der Waals surface area contributed by atoms with Crippen LogP contribution in [-0.4, -0.2) is 0 Å². The Morgan fingerprint density at radius 1 is 0.202 bits per heavy atom. The first-order chi connectivity index (χ1) is 51.0. The number of rotatable bonds is 12. The van der Waals surface area contributed by atoms with E-state index in [1.54, 1.807) is 0 Å². The van der Waals surface area contributed by atoms with Crippen molar-refractivity contribution in [3.8, 4) is 0 Å². The second-order valence-electron chi connectivity index (χ2n) is 22.8. The van der Waals surface area contributed by atoms with Crippen LogP contribution in [0.4, 0.5) is 0 Å². The number of benzene rings is 14. The number of halogens is 4. The number of hydrogen-bond donors (Lipinski definition) is 0. The SMILES string of the molecule is Cc1cc(C)c(I)c(C)c1.Cc1cc(C)c(I)c(C)c1.[C-]#[O+].[C-]#[O+].[Cl][Ru].[Cl][Ru].c1ccc(P(c2ccccc2)c2ccccc2)cc1.c1ccc(P(c2ccccc2)c2ccccc2)cc1.c1ccc(P(c2ccccc2)c2ccccc2)cc1.c1ccc(P(c2ccccc2)c2ccccc2)cc1. The molecule has 12 heteroatoms. The van der Waals surface area contributed by atoms with Crippen molar-refractivity contribution in [2.45, 2.75) is 41.5 Å². The van der Waals surface area contributed by atoms with Gasteiger partial charge in [0, 0.05) is 7.14 Å². The largest absolute Gasteiger partial charge is 0.0622 e. The molecule has 0 saturated carbocycles. The van der Waals surface area contributed by atoms with Gasteiger partial charge in [-0.25, -0.2) is 0 Å². The van der Waals surface area contributed by atoms with Gasteiger partial charge in [-0.3, -0.25) is 0 Å². The summed E-state index contributed by atoms with van der Waals surface area (Å²) in [6.45, 7) is 21.9. The van der Waals surface area contributed by atoms with Gasteiger partial charge >= 0.3 is 76.6 Å². The molecule has 0 spiro atoms. The van der Waals surface area contributed by atoms with Crippen LogP contribution >= 0.6 is 96.3 Å². The van der Waals surface area contributed by atoms with Crippen LogP contribution in [-0.2, 0) is 43.9 Å². The van der Waals surface area contributed by atoms with E-state index in [1.807, 2.05) is 34.6 Å². The predicted molar refractivity (Wildman–Crippen MR) is 467 cm³/mol. The van der Waals surface area contributed by atoms with Crippen LogP contribution in [0.5, 0.6) is 0 Å². The summed E-state index contributed by atoms with van der Waals surface area (Å²) in [6.07, 6.45) is 0. The zero-order valence-corrected chi connectivity index (χ0v) is 71.7. The third kappa shape index (κ3) is 29.7. The molecule has 2 nitrogen and oxygen atoms in total. The first kappa shape index (κ1) is 88.2. The number of hydrogen-bond acceptors (Lipinski definition) is 0. The van der Waals surface area contributed by atoms with Gasteiger partial charge in [0.2, 0.25) is 0 Å². The second kappa shape index (κ2) is 52.5. The molecule has 0 aliphatic carbocycles. The Bertz CT molecular complexity index is 3640. The summed E-state index contributed by atoms with van der Waals surface area (Å²) in [4.78, 5) is 0. The van der Waals surface area contributed by atoms with Crippen LogP contribution in [0.25, 0.3) is 0 Å². The van der Waals surface area contributed by atoms with E-state index in [2.05, 4.69) is 508 Å². The van der Waals surface area contributed by atoms with Crippen LogP contribution in [0.3, 0.4) is 0 Å². The van der Waals surface area contributed by atoms with E-state index in [-0.39, 0.29) is 0 Å². The van der Waals surface area contributed by atoms with Gasteiger partial charge < -0.3 is 0 Å². The maximum absolute atomic E-state index is 7.50. The summed E-state index contributed by atoms with van der Waals surface area (Å²) >= 11 is 8.42. The van der Waals surface area contributed by atoms with Gasteiger partial charge in [-0.2, -0.15) is 0 Å². The van der Waals surface area contributed by atoms with Crippen LogP contribution in [0.15, 0.2) is 388 Å². The van der Waals surface area contributed by atoms with E-state index in [0.29, 0.717) is 0 Å². The third-order valence-electron chi connectivity index (χ3n) is 15.3. The Hall–Kier alpha value is -6.43. The van der Waals surface area contributed by atoms with E-state index in [9.17, 15) is 0 Å². The fourth-order valence-electron chi connectivity index (χ4n) is 11.0. The minimum Gasteiger partial charge on any atom is -0.0622 e. The normalized spacial score (nSPS) is 9.81. The van der Waals surface area contributed by atoms with Gasteiger partial charge in [0.25, 0.3) is 0 Å². The van der Waals surface area contributed by atoms with Gasteiger partial charge in [0.15, 0.2) is 0 Å². The Labute approximate surface area is 680 Å². The Balaban J connectivity index is 0.000000223. The molecule has 0 N–H and O–H groups in total. The molecule has 0 aliphatic heterocycles.